The van der Waals surface area contributed by atoms with Crippen LogP contribution in [-0.2, 0) is 13.3 Å². The fourth-order valence-corrected chi connectivity index (χ4v) is 6.27. The van der Waals surface area contributed by atoms with Crippen molar-refractivity contribution in [2.24, 2.45) is 0 Å². The van der Waals surface area contributed by atoms with Gasteiger partial charge < -0.3 is 18.6 Å². The molecule has 6 nitrogen and oxygen atoms in total. The molecule has 0 saturated carbocycles. The number of rotatable bonds is 10. The summed E-state index contributed by atoms with van der Waals surface area (Å²) in [6.07, 6.45) is 2.79. The first kappa shape index (κ1) is 29.4. The second kappa shape index (κ2) is 12.6. The van der Waals surface area contributed by atoms with Crippen LogP contribution in [-0.4, -0.2) is 15.7 Å². The highest BCUT2D eigenvalue weighted by atomic mass is 16.5. The standard InChI is InChI=1S/C40H36N2O4/c1-27-14-18-29(19-15-27)45-23-9-3-8-22-41-35-12-6-4-10-31(35)39(43)33-25-38-34(24-37(33)41)40(44)32-11-5-7-13-36(32)42(38)26-46-30-20-16-28(2)17-21-30/h4-7,10-21,24-25H,3,8-9,22-23,26H2,1-2H3. The lowest BCUT2D eigenvalue weighted by Crippen LogP contribution is -2.17. The van der Waals surface area contributed by atoms with Crippen molar-refractivity contribution in [3.63, 3.8) is 0 Å². The molecule has 0 bridgehead atoms. The number of aromatic nitrogens is 2. The van der Waals surface area contributed by atoms with Gasteiger partial charge in [-0.15, -0.1) is 0 Å². The van der Waals surface area contributed by atoms with E-state index in [4.69, 9.17) is 9.47 Å². The zero-order valence-corrected chi connectivity index (χ0v) is 26.2. The molecular weight excluding hydrogens is 572 g/mol. The molecule has 230 valence electrons. The van der Waals surface area contributed by atoms with Crippen LogP contribution in [0.25, 0.3) is 43.6 Å². The summed E-state index contributed by atoms with van der Waals surface area (Å²) in [7, 11) is 0. The second-order valence-corrected chi connectivity index (χ2v) is 12.0. The Morgan fingerprint density at radius 3 is 1.59 bits per heavy atom. The van der Waals surface area contributed by atoms with Crippen molar-refractivity contribution >= 4 is 43.6 Å². The lowest BCUT2D eigenvalue weighted by Gasteiger charge is -2.19. The van der Waals surface area contributed by atoms with Crippen LogP contribution >= 0.6 is 0 Å². The van der Waals surface area contributed by atoms with Crippen LogP contribution in [0.1, 0.15) is 30.4 Å². The normalized spacial score (nSPS) is 11.5. The number of nitrogens with zero attached hydrogens (tertiary/aromatic N) is 2. The molecule has 6 heteroatoms. The Labute approximate surface area is 267 Å². The number of hydrogen-bond acceptors (Lipinski definition) is 4. The van der Waals surface area contributed by atoms with E-state index in [0.717, 1.165) is 52.9 Å². The molecule has 0 N–H and O–H groups in total. The maximum Gasteiger partial charge on any atom is 0.197 e. The molecule has 0 spiro atoms. The summed E-state index contributed by atoms with van der Waals surface area (Å²) in [5.74, 6) is 1.62. The van der Waals surface area contributed by atoms with Gasteiger partial charge in [-0.1, -0.05) is 59.7 Å². The van der Waals surface area contributed by atoms with E-state index in [1.54, 1.807) is 0 Å². The highest BCUT2D eigenvalue weighted by molar-refractivity contribution is 6.03. The SMILES string of the molecule is Cc1ccc(OCCCCCn2c3ccccc3c(=O)c3cc4c(cc32)c(=O)c2ccccc2n4COc2ccc(C)cc2)cc1. The first-order valence-corrected chi connectivity index (χ1v) is 15.9. The third-order valence-corrected chi connectivity index (χ3v) is 8.76. The number of ether oxygens (including phenoxy) is 2. The van der Waals surface area contributed by atoms with E-state index >= 15 is 0 Å². The fraction of sp³-hybridized carbons (Fsp3) is 0.200. The van der Waals surface area contributed by atoms with E-state index in [9.17, 15) is 9.59 Å². The van der Waals surface area contributed by atoms with Crippen molar-refractivity contribution < 1.29 is 9.47 Å². The maximum atomic E-state index is 14.0. The van der Waals surface area contributed by atoms with Gasteiger partial charge in [0.05, 0.1) is 28.7 Å². The van der Waals surface area contributed by atoms with Crippen LogP contribution in [0, 0.1) is 13.8 Å². The molecule has 0 atom stereocenters. The lowest BCUT2D eigenvalue weighted by molar-refractivity contribution is 0.245. The molecule has 0 aliphatic carbocycles. The molecule has 0 amide bonds. The third kappa shape index (κ3) is 5.63. The van der Waals surface area contributed by atoms with Gasteiger partial charge in [-0.3, -0.25) is 9.59 Å². The molecule has 0 aliphatic rings. The van der Waals surface area contributed by atoms with Crippen molar-refractivity contribution in [1.82, 2.24) is 9.13 Å². The topological polar surface area (TPSA) is 62.5 Å². The Morgan fingerprint density at radius 2 is 1.00 bits per heavy atom. The largest absolute Gasteiger partial charge is 0.494 e. The number of hydrogen-bond donors (Lipinski definition) is 0. The molecule has 0 radical (unpaired) electrons. The van der Waals surface area contributed by atoms with Crippen LogP contribution in [0.3, 0.4) is 0 Å². The van der Waals surface area contributed by atoms with Gasteiger partial charge >= 0.3 is 0 Å². The molecule has 2 heterocycles. The number of fused-ring (bicyclic) bond motifs is 4. The first-order chi connectivity index (χ1) is 22.5. The molecule has 2 aromatic heterocycles. The summed E-state index contributed by atoms with van der Waals surface area (Å²) >= 11 is 0. The van der Waals surface area contributed by atoms with Gasteiger partial charge in [0.15, 0.2) is 17.6 Å². The Balaban J connectivity index is 1.28. The molecule has 0 fully saturated rings. The van der Waals surface area contributed by atoms with Crippen LogP contribution in [0.5, 0.6) is 11.5 Å². The molecule has 0 unspecified atom stereocenters. The van der Waals surface area contributed by atoms with Gasteiger partial charge in [-0.25, -0.2) is 0 Å². The molecule has 0 saturated heterocycles. The van der Waals surface area contributed by atoms with Gasteiger partial charge in [0.25, 0.3) is 0 Å². The predicted molar refractivity (Wildman–Crippen MR) is 187 cm³/mol. The number of para-hydroxylation sites is 2. The van der Waals surface area contributed by atoms with Crippen molar-refractivity contribution in [3.8, 4) is 11.5 Å². The van der Waals surface area contributed by atoms with E-state index in [2.05, 4.69) is 23.6 Å². The number of unbranched alkanes of at least 4 members (excludes halogenated alkanes) is 2. The molecule has 0 aliphatic heterocycles. The number of pyridine rings is 2. The monoisotopic (exact) mass is 608 g/mol. The zero-order chi connectivity index (χ0) is 31.6. The first-order valence-electron chi connectivity index (χ1n) is 15.9. The minimum Gasteiger partial charge on any atom is -0.494 e. The Kier molecular flexibility index (Phi) is 8.02. The van der Waals surface area contributed by atoms with E-state index < -0.39 is 0 Å². The van der Waals surface area contributed by atoms with Gasteiger partial charge in [0.2, 0.25) is 0 Å². The van der Waals surface area contributed by atoms with Crippen LogP contribution in [0.4, 0.5) is 0 Å². The van der Waals surface area contributed by atoms with Gasteiger partial charge in [-0.2, -0.15) is 0 Å². The van der Waals surface area contributed by atoms with Crippen molar-refractivity contribution in [2.45, 2.75) is 46.4 Å². The maximum absolute atomic E-state index is 14.0. The van der Waals surface area contributed by atoms with E-state index in [1.165, 1.54) is 5.56 Å². The molecule has 46 heavy (non-hydrogen) atoms. The zero-order valence-electron chi connectivity index (χ0n) is 26.2. The van der Waals surface area contributed by atoms with E-state index in [1.807, 2.05) is 109 Å². The number of aryl methyl sites for hydroxylation is 3. The molecular formula is C40H36N2O4. The summed E-state index contributed by atoms with van der Waals surface area (Å²) in [5, 5.41) is 2.44. The summed E-state index contributed by atoms with van der Waals surface area (Å²) in [4.78, 5) is 27.9. The van der Waals surface area contributed by atoms with Crippen LogP contribution in [0.2, 0.25) is 0 Å². The molecule has 7 rings (SSSR count). The highest BCUT2D eigenvalue weighted by Gasteiger charge is 2.17. The summed E-state index contributed by atoms with van der Waals surface area (Å²) in [6, 6.07) is 35.2. The van der Waals surface area contributed by atoms with Gasteiger partial charge in [-0.05, 0) is 93.8 Å². The quantitative estimate of drug-likeness (QED) is 0.115. The minimum absolute atomic E-state index is 0.0399. The highest BCUT2D eigenvalue weighted by Crippen LogP contribution is 2.27. The Bertz CT molecular complexity index is 2320. The average molecular weight is 609 g/mol. The average Bonchev–Trinajstić information content (AvgIpc) is 3.08. The predicted octanol–water partition coefficient (Wildman–Crippen LogP) is 8.53. The van der Waals surface area contributed by atoms with Crippen LogP contribution < -0.4 is 20.3 Å². The van der Waals surface area contributed by atoms with Crippen molar-refractivity contribution in [1.29, 1.82) is 0 Å². The summed E-state index contributed by atoms with van der Waals surface area (Å²) in [6.45, 7) is 5.66. The smallest absolute Gasteiger partial charge is 0.197 e. The van der Waals surface area contributed by atoms with Crippen molar-refractivity contribution in [2.75, 3.05) is 6.61 Å². The van der Waals surface area contributed by atoms with E-state index in [0.29, 0.717) is 40.2 Å². The summed E-state index contributed by atoms with van der Waals surface area (Å²) in [5.41, 5.74) is 5.35. The lowest BCUT2D eigenvalue weighted by atomic mass is 10.0. The molecule has 5 aromatic carbocycles. The van der Waals surface area contributed by atoms with Crippen molar-refractivity contribution in [3.05, 3.63) is 141 Å². The van der Waals surface area contributed by atoms with E-state index in [-0.39, 0.29) is 17.6 Å². The third-order valence-electron chi connectivity index (χ3n) is 8.76. The number of benzene rings is 5. The summed E-state index contributed by atoms with van der Waals surface area (Å²) < 4.78 is 16.4. The van der Waals surface area contributed by atoms with Crippen LogP contribution in [0.15, 0.2) is 119 Å². The Hall–Kier alpha value is -5.36. The fourth-order valence-electron chi connectivity index (χ4n) is 6.27. The Morgan fingerprint density at radius 1 is 0.500 bits per heavy atom. The van der Waals surface area contributed by atoms with Gasteiger partial charge in [0.1, 0.15) is 11.5 Å². The van der Waals surface area contributed by atoms with Gasteiger partial charge in [0, 0.05) is 28.1 Å². The second-order valence-electron chi connectivity index (χ2n) is 12.0. The minimum atomic E-state index is -0.0560. The molecule has 7 aromatic rings.